The second-order valence-electron chi connectivity index (χ2n) is 6.65. The van der Waals surface area contributed by atoms with Crippen molar-refractivity contribution in [1.82, 2.24) is 19.8 Å². The first-order valence-electron chi connectivity index (χ1n) is 8.73. The maximum absolute atomic E-state index is 12.7. The summed E-state index contributed by atoms with van der Waals surface area (Å²) in [5.41, 5.74) is 0.983. The summed E-state index contributed by atoms with van der Waals surface area (Å²) in [5, 5.41) is 4.58. The van der Waals surface area contributed by atoms with Gasteiger partial charge in [0.2, 0.25) is 15.9 Å². The number of carbonyl (C=O) groups excluding carboxylic acids is 3. The van der Waals surface area contributed by atoms with Gasteiger partial charge in [-0.25, -0.2) is 13.2 Å². The SMILES string of the molecule is Cc1ccc(S(=O)(=O)N2CCN(C(=O)CC[C@@H]3NC(=O)NC3=O)CC2)cc1. The van der Waals surface area contributed by atoms with Crippen LogP contribution in [0.15, 0.2) is 29.2 Å². The van der Waals surface area contributed by atoms with Crippen LogP contribution in [-0.2, 0) is 19.6 Å². The number of carbonyl (C=O) groups is 3. The summed E-state index contributed by atoms with van der Waals surface area (Å²) in [5.74, 6) is -0.585. The topological polar surface area (TPSA) is 116 Å². The number of benzene rings is 1. The number of rotatable bonds is 5. The molecule has 4 amide bonds. The van der Waals surface area contributed by atoms with Gasteiger partial charge in [0.15, 0.2) is 0 Å². The zero-order valence-corrected chi connectivity index (χ0v) is 15.8. The largest absolute Gasteiger partial charge is 0.340 e. The third-order valence-electron chi connectivity index (χ3n) is 4.76. The molecular formula is C17H22N4O5S. The maximum Gasteiger partial charge on any atom is 0.322 e. The van der Waals surface area contributed by atoms with Crippen LogP contribution in [0.5, 0.6) is 0 Å². The molecule has 0 aliphatic carbocycles. The predicted molar refractivity (Wildman–Crippen MR) is 96.2 cm³/mol. The number of hydrogen-bond donors (Lipinski definition) is 2. The summed E-state index contributed by atoms with van der Waals surface area (Å²) >= 11 is 0. The molecule has 0 unspecified atom stereocenters. The molecule has 0 spiro atoms. The standard InChI is InChI=1S/C17H22N4O5S/c1-12-2-4-13(5-3-12)27(25,26)21-10-8-20(9-11-21)15(22)7-6-14-16(23)19-17(24)18-14/h2-5,14H,6-11H2,1H3,(H2,18,19,23,24)/t14-/m0/s1. The van der Waals surface area contributed by atoms with Gasteiger partial charge in [0.25, 0.3) is 5.91 Å². The number of nitrogens with one attached hydrogen (secondary N) is 2. The van der Waals surface area contributed by atoms with Crippen molar-refractivity contribution in [3.8, 4) is 0 Å². The highest BCUT2D eigenvalue weighted by Crippen LogP contribution is 2.18. The number of imide groups is 1. The normalized spacial score (nSPS) is 21.1. The Morgan fingerprint density at radius 1 is 1.11 bits per heavy atom. The average Bonchev–Trinajstić information content (AvgIpc) is 2.97. The highest BCUT2D eigenvalue weighted by Gasteiger charge is 2.32. The Morgan fingerprint density at radius 2 is 1.74 bits per heavy atom. The summed E-state index contributed by atoms with van der Waals surface area (Å²) in [4.78, 5) is 36.7. The van der Waals surface area contributed by atoms with Crippen molar-refractivity contribution in [2.75, 3.05) is 26.2 Å². The van der Waals surface area contributed by atoms with Crippen molar-refractivity contribution < 1.29 is 22.8 Å². The van der Waals surface area contributed by atoms with E-state index in [9.17, 15) is 22.8 Å². The Bertz CT molecular complexity index is 845. The summed E-state index contributed by atoms with van der Waals surface area (Å²) in [6.45, 7) is 2.94. The lowest BCUT2D eigenvalue weighted by atomic mass is 10.1. The van der Waals surface area contributed by atoms with Crippen LogP contribution < -0.4 is 10.6 Å². The van der Waals surface area contributed by atoms with E-state index in [1.54, 1.807) is 29.2 Å². The van der Waals surface area contributed by atoms with Crippen molar-refractivity contribution in [2.45, 2.75) is 30.7 Å². The van der Waals surface area contributed by atoms with Gasteiger partial charge >= 0.3 is 6.03 Å². The fourth-order valence-corrected chi connectivity index (χ4v) is 4.55. The van der Waals surface area contributed by atoms with Crippen LogP contribution in [0, 0.1) is 6.92 Å². The van der Waals surface area contributed by atoms with Gasteiger partial charge in [-0.05, 0) is 25.5 Å². The van der Waals surface area contributed by atoms with E-state index in [1.807, 2.05) is 6.92 Å². The van der Waals surface area contributed by atoms with Gasteiger partial charge < -0.3 is 10.2 Å². The van der Waals surface area contributed by atoms with Crippen LogP contribution in [0.1, 0.15) is 18.4 Å². The Hall–Kier alpha value is -2.46. The molecule has 1 atom stereocenters. The van der Waals surface area contributed by atoms with Gasteiger partial charge in [-0.1, -0.05) is 17.7 Å². The molecular weight excluding hydrogens is 372 g/mol. The van der Waals surface area contributed by atoms with Crippen LogP contribution >= 0.6 is 0 Å². The molecule has 2 aliphatic rings. The first-order chi connectivity index (χ1) is 12.8. The number of nitrogens with zero attached hydrogens (tertiary/aromatic N) is 2. The van der Waals surface area contributed by atoms with E-state index < -0.39 is 28.0 Å². The molecule has 9 nitrogen and oxygen atoms in total. The molecule has 2 fully saturated rings. The number of aryl methyl sites for hydroxylation is 1. The van der Waals surface area contributed by atoms with E-state index in [-0.39, 0.29) is 36.7 Å². The van der Waals surface area contributed by atoms with E-state index in [0.717, 1.165) is 5.56 Å². The third-order valence-corrected chi connectivity index (χ3v) is 6.67. The Labute approximate surface area is 157 Å². The maximum atomic E-state index is 12.7. The quantitative estimate of drug-likeness (QED) is 0.672. The van der Waals surface area contributed by atoms with Gasteiger partial charge in [-0.15, -0.1) is 0 Å². The fraction of sp³-hybridized carbons (Fsp3) is 0.471. The van der Waals surface area contributed by atoms with E-state index in [0.29, 0.717) is 13.1 Å². The Kier molecular flexibility index (Phi) is 5.47. The zero-order valence-electron chi connectivity index (χ0n) is 15.0. The summed E-state index contributed by atoms with van der Waals surface area (Å²) in [6.07, 6.45) is 0.335. The number of hydrogen-bond acceptors (Lipinski definition) is 5. The number of amides is 4. The van der Waals surface area contributed by atoms with Crippen molar-refractivity contribution in [3.05, 3.63) is 29.8 Å². The smallest absolute Gasteiger partial charge is 0.322 e. The van der Waals surface area contributed by atoms with Crippen LogP contribution in [0.3, 0.4) is 0 Å². The minimum absolute atomic E-state index is 0.114. The second kappa shape index (κ2) is 7.65. The van der Waals surface area contributed by atoms with Crippen molar-refractivity contribution in [3.63, 3.8) is 0 Å². The molecule has 0 saturated carbocycles. The summed E-state index contributed by atoms with van der Waals surface area (Å²) in [6, 6.07) is 5.44. The van der Waals surface area contributed by atoms with E-state index >= 15 is 0 Å². The Morgan fingerprint density at radius 3 is 2.30 bits per heavy atom. The molecule has 2 heterocycles. The fourth-order valence-electron chi connectivity index (χ4n) is 3.13. The van der Waals surface area contributed by atoms with Crippen LogP contribution in [0.4, 0.5) is 4.79 Å². The predicted octanol–water partition coefficient (Wildman–Crippen LogP) is -0.184. The Balaban J connectivity index is 1.52. The molecule has 0 radical (unpaired) electrons. The molecule has 1 aromatic rings. The van der Waals surface area contributed by atoms with E-state index in [1.165, 1.54) is 4.31 Å². The molecule has 2 saturated heterocycles. The minimum Gasteiger partial charge on any atom is -0.340 e. The van der Waals surface area contributed by atoms with Crippen molar-refractivity contribution >= 4 is 27.9 Å². The van der Waals surface area contributed by atoms with Gasteiger partial charge in [-0.2, -0.15) is 4.31 Å². The number of urea groups is 1. The molecule has 1 aromatic carbocycles. The molecule has 27 heavy (non-hydrogen) atoms. The number of piperazine rings is 1. The first-order valence-corrected chi connectivity index (χ1v) is 10.2. The molecule has 10 heteroatoms. The third kappa shape index (κ3) is 4.28. The molecule has 3 rings (SSSR count). The minimum atomic E-state index is -3.57. The molecule has 146 valence electrons. The number of sulfonamides is 1. The lowest BCUT2D eigenvalue weighted by Crippen LogP contribution is -2.50. The molecule has 2 aliphatic heterocycles. The monoisotopic (exact) mass is 394 g/mol. The lowest BCUT2D eigenvalue weighted by molar-refractivity contribution is -0.132. The highest BCUT2D eigenvalue weighted by molar-refractivity contribution is 7.89. The van der Waals surface area contributed by atoms with Gasteiger partial charge in [0.1, 0.15) is 6.04 Å². The molecule has 2 N–H and O–H groups in total. The van der Waals surface area contributed by atoms with Gasteiger partial charge in [0.05, 0.1) is 4.90 Å². The highest BCUT2D eigenvalue weighted by atomic mass is 32.2. The van der Waals surface area contributed by atoms with Gasteiger partial charge in [-0.3, -0.25) is 14.9 Å². The first kappa shape index (κ1) is 19.3. The lowest BCUT2D eigenvalue weighted by Gasteiger charge is -2.34. The van der Waals surface area contributed by atoms with Gasteiger partial charge in [0, 0.05) is 32.6 Å². The van der Waals surface area contributed by atoms with Crippen molar-refractivity contribution in [1.29, 1.82) is 0 Å². The molecule has 0 bridgehead atoms. The molecule has 0 aromatic heterocycles. The summed E-state index contributed by atoms with van der Waals surface area (Å²) < 4.78 is 26.7. The van der Waals surface area contributed by atoms with Crippen molar-refractivity contribution in [2.24, 2.45) is 0 Å². The van der Waals surface area contributed by atoms with Crippen LogP contribution in [0.2, 0.25) is 0 Å². The summed E-state index contributed by atoms with van der Waals surface area (Å²) in [7, 11) is -3.57. The van der Waals surface area contributed by atoms with E-state index in [2.05, 4.69) is 10.6 Å². The average molecular weight is 394 g/mol. The van der Waals surface area contributed by atoms with E-state index in [4.69, 9.17) is 0 Å². The van der Waals surface area contributed by atoms with Crippen LogP contribution in [-0.4, -0.2) is 67.7 Å². The zero-order chi connectivity index (χ0) is 19.6. The van der Waals surface area contributed by atoms with Crippen LogP contribution in [0.25, 0.3) is 0 Å². The second-order valence-corrected chi connectivity index (χ2v) is 8.59.